The molecule has 1 atom stereocenters. The zero-order valence-corrected chi connectivity index (χ0v) is 11.9. The highest BCUT2D eigenvalue weighted by molar-refractivity contribution is 5.77. The maximum atomic E-state index is 12.1. The number of amides is 1. The molecular weight excluding hydrogens is 224 g/mol. The third kappa shape index (κ3) is 3.25. The Morgan fingerprint density at radius 1 is 1.28 bits per heavy atom. The quantitative estimate of drug-likeness (QED) is 0.808. The number of carbonyl (C=O) groups is 1. The Morgan fingerprint density at radius 2 is 2.00 bits per heavy atom. The fourth-order valence-electron chi connectivity index (χ4n) is 3.57. The molecule has 2 aliphatic rings. The van der Waals surface area contributed by atoms with Crippen LogP contribution in [-0.4, -0.2) is 18.5 Å². The first-order valence-corrected chi connectivity index (χ1v) is 7.44. The largest absolute Gasteiger partial charge is 0.353 e. The number of rotatable bonds is 4. The van der Waals surface area contributed by atoms with Gasteiger partial charge in [0.2, 0.25) is 5.91 Å². The predicted molar refractivity (Wildman–Crippen MR) is 74.1 cm³/mol. The monoisotopic (exact) mass is 252 g/mol. The Hall–Kier alpha value is -0.570. The molecule has 2 rings (SSSR count). The van der Waals surface area contributed by atoms with Crippen molar-refractivity contribution < 1.29 is 4.79 Å². The number of nitrogens with one attached hydrogen (secondary N) is 1. The van der Waals surface area contributed by atoms with Gasteiger partial charge in [0.05, 0.1) is 0 Å². The zero-order valence-electron chi connectivity index (χ0n) is 11.9. The van der Waals surface area contributed by atoms with Gasteiger partial charge in [-0.15, -0.1) is 0 Å². The number of nitrogens with two attached hydrogens (primary N) is 1. The van der Waals surface area contributed by atoms with Crippen LogP contribution in [0.25, 0.3) is 0 Å². The smallest absolute Gasteiger partial charge is 0.220 e. The minimum absolute atomic E-state index is 0.133. The van der Waals surface area contributed by atoms with E-state index >= 15 is 0 Å². The molecule has 3 heteroatoms. The molecule has 0 heterocycles. The van der Waals surface area contributed by atoms with Gasteiger partial charge in [-0.25, -0.2) is 0 Å². The molecule has 0 spiro atoms. The average Bonchev–Trinajstić information content (AvgIpc) is 2.22. The van der Waals surface area contributed by atoms with Gasteiger partial charge in [0, 0.05) is 12.5 Å². The van der Waals surface area contributed by atoms with E-state index in [4.69, 9.17) is 5.73 Å². The standard InChI is InChI=1S/C15H28N2O/c1-14(2)6-3-5-12(9-14)17-13(18)10-15(11-16)7-4-8-15/h12H,3-11,16H2,1-2H3,(H,17,18). The van der Waals surface area contributed by atoms with E-state index in [1.807, 2.05) is 0 Å². The molecule has 0 bridgehead atoms. The summed E-state index contributed by atoms with van der Waals surface area (Å²) >= 11 is 0. The highest BCUT2D eigenvalue weighted by atomic mass is 16.1. The van der Waals surface area contributed by atoms with E-state index in [1.165, 1.54) is 19.3 Å². The van der Waals surface area contributed by atoms with Crippen molar-refractivity contribution in [2.24, 2.45) is 16.6 Å². The number of hydrogen-bond acceptors (Lipinski definition) is 2. The third-order valence-electron chi connectivity index (χ3n) is 4.95. The van der Waals surface area contributed by atoms with Crippen LogP contribution >= 0.6 is 0 Å². The molecule has 0 aliphatic heterocycles. The lowest BCUT2D eigenvalue weighted by Crippen LogP contribution is -2.46. The molecule has 1 amide bonds. The van der Waals surface area contributed by atoms with Crippen molar-refractivity contribution in [2.45, 2.75) is 71.3 Å². The van der Waals surface area contributed by atoms with Crippen LogP contribution in [0.2, 0.25) is 0 Å². The van der Waals surface area contributed by atoms with Crippen molar-refractivity contribution >= 4 is 5.91 Å². The van der Waals surface area contributed by atoms with Crippen molar-refractivity contribution in [2.75, 3.05) is 6.54 Å². The van der Waals surface area contributed by atoms with Crippen LogP contribution < -0.4 is 11.1 Å². The molecule has 0 aromatic heterocycles. The van der Waals surface area contributed by atoms with Gasteiger partial charge in [-0.3, -0.25) is 4.79 Å². The normalized spacial score (nSPS) is 29.4. The first kappa shape index (κ1) is 13.9. The minimum atomic E-state index is 0.133. The Kier molecular flexibility index (Phi) is 4.00. The zero-order chi connectivity index (χ0) is 13.2. The SMILES string of the molecule is CC1(C)CCCC(NC(=O)CC2(CN)CCC2)C1. The van der Waals surface area contributed by atoms with E-state index in [-0.39, 0.29) is 11.3 Å². The number of carbonyl (C=O) groups excluding carboxylic acids is 1. The lowest BCUT2D eigenvalue weighted by atomic mass is 9.66. The van der Waals surface area contributed by atoms with Crippen molar-refractivity contribution in [1.29, 1.82) is 0 Å². The first-order chi connectivity index (χ1) is 8.45. The van der Waals surface area contributed by atoms with Crippen molar-refractivity contribution in [3.8, 4) is 0 Å². The maximum Gasteiger partial charge on any atom is 0.220 e. The van der Waals surface area contributed by atoms with Gasteiger partial charge in [0.1, 0.15) is 0 Å². The summed E-state index contributed by atoms with van der Waals surface area (Å²) in [5.74, 6) is 0.225. The second-order valence-electron chi connectivity index (χ2n) is 7.26. The Labute approximate surface area is 111 Å². The summed E-state index contributed by atoms with van der Waals surface area (Å²) in [6.07, 6.45) is 8.92. The molecule has 3 N–H and O–H groups in total. The third-order valence-corrected chi connectivity index (χ3v) is 4.95. The average molecular weight is 252 g/mol. The molecule has 0 saturated heterocycles. The summed E-state index contributed by atoms with van der Waals surface area (Å²) in [5.41, 5.74) is 6.33. The predicted octanol–water partition coefficient (Wildman–Crippen LogP) is 2.59. The maximum absolute atomic E-state index is 12.1. The molecule has 18 heavy (non-hydrogen) atoms. The van der Waals surface area contributed by atoms with Crippen molar-refractivity contribution in [3.63, 3.8) is 0 Å². The molecule has 104 valence electrons. The fraction of sp³-hybridized carbons (Fsp3) is 0.933. The lowest BCUT2D eigenvalue weighted by Gasteiger charge is -2.41. The molecule has 0 aromatic rings. The van der Waals surface area contributed by atoms with Crippen LogP contribution in [0.1, 0.15) is 65.2 Å². The van der Waals surface area contributed by atoms with E-state index in [9.17, 15) is 4.79 Å². The van der Waals surface area contributed by atoms with Gasteiger partial charge in [-0.05, 0) is 49.5 Å². The molecule has 2 aliphatic carbocycles. The second kappa shape index (κ2) is 5.20. The summed E-state index contributed by atoms with van der Waals surface area (Å²) in [7, 11) is 0. The van der Waals surface area contributed by atoms with E-state index < -0.39 is 0 Å². The molecule has 2 saturated carbocycles. The topological polar surface area (TPSA) is 55.1 Å². The van der Waals surface area contributed by atoms with Gasteiger partial charge in [0.25, 0.3) is 0 Å². The number of hydrogen-bond donors (Lipinski definition) is 2. The van der Waals surface area contributed by atoms with Crippen molar-refractivity contribution in [1.82, 2.24) is 5.32 Å². The van der Waals surface area contributed by atoms with Crippen LogP contribution in [0.3, 0.4) is 0 Å². The molecule has 0 aromatic carbocycles. The van der Waals surface area contributed by atoms with Crippen LogP contribution in [0.5, 0.6) is 0 Å². The van der Waals surface area contributed by atoms with E-state index in [0.29, 0.717) is 24.4 Å². The minimum Gasteiger partial charge on any atom is -0.353 e. The van der Waals surface area contributed by atoms with Gasteiger partial charge >= 0.3 is 0 Å². The Morgan fingerprint density at radius 3 is 2.50 bits per heavy atom. The summed E-state index contributed by atoms with van der Waals surface area (Å²) in [5, 5.41) is 3.24. The van der Waals surface area contributed by atoms with Crippen LogP contribution in [0.4, 0.5) is 0 Å². The van der Waals surface area contributed by atoms with E-state index in [1.54, 1.807) is 0 Å². The van der Waals surface area contributed by atoms with Gasteiger partial charge in [-0.2, -0.15) is 0 Å². The lowest BCUT2D eigenvalue weighted by molar-refractivity contribution is -0.125. The summed E-state index contributed by atoms with van der Waals surface area (Å²) < 4.78 is 0. The summed E-state index contributed by atoms with van der Waals surface area (Å²) in [6.45, 7) is 5.27. The highest BCUT2D eigenvalue weighted by Gasteiger charge is 2.38. The fourth-order valence-corrected chi connectivity index (χ4v) is 3.57. The van der Waals surface area contributed by atoms with E-state index in [0.717, 1.165) is 25.7 Å². The van der Waals surface area contributed by atoms with Gasteiger partial charge in [-0.1, -0.05) is 26.7 Å². The van der Waals surface area contributed by atoms with Gasteiger partial charge < -0.3 is 11.1 Å². The first-order valence-electron chi connectivity index (χ1n) is 7.44. The molecule has 3 nitrogen and oxygen atoms in total. The molecule has 2 fully saturated rings. The highest BCUT2D eigenvalue weighted by Crippen LogP contribution is 2.43. The van der Waals surface area contributed by atoms with Gasteiger partial charge in [0.15, 0.2) is 0 Å². The molecule has 0 radical (unpaired) electrons. The summed E-state index contributed by atoms with van der Waals surface area (Å²) in [4.78, 5) is 12.1. The summed E-state index contributed by atoms with van der Waals surface area (Å²) in [6, 6.07) is 0.385. The van der Waals surface area contributed by atoms with Crippen molar-refractivity contribution in [3.05, 3.63) is 0 Å². The molecule has 1 unspecified atom stereocenters. The van der Waals surface area contributed by atoms with Crippen LogP contribution in [0, 0.1) is 10.8 Å². The van der Waals surface area contributed by atoms with Crippen LogP contribution in [-0.2, 0) is 4.79 Å². The Bertz CT molecular complexity index is 302. The Balaban J connectivity index is 1.80. The van der Waals surface area contributed by atoms with E-state index in [2.05, 4.69) is 19.2 Å². The molecular formula is C15H28N2O. The second-order valence-corrected chi connectivity index (χ2v) is 7.26. The van der Waals surface area contributed by atoms with Crippen LogP contribution in [0.15, 0.2) is 0 Å².